The summed E-state index contributed by atoms with van der Waals surface area (Å²) in [6.07, 6.45) is 29.9. The minimum Gasteiger partial charge on any atom is -0.481 e. The van der Waals surface area contributed by atoms with Crippen molar-refractivity contribution in [2.75, 3.05) is 26.2 Å². The van der Waals surface area contributed by atoms with E-state index in [0.29, 0.717) is 6.54 Å². The zero-order chi connectivity index (χ0) is 29.7. The van der Waals surface area contributed by atoms with Crippen molar-refractivity contribution in [3.8, 4) is 0 Å². The van der Waals surface area contributed by atoms with E-state index >= 15 is 0 Å². The summed E-state index contributed by atoms with van der Waals surface area (Å²) in [4.78, 5) is 33.4. The predicted octanol–water partition coefficient (Wildman–Crippen LogP) is 8.61. The largest absolute Gasteiger partial charge is 0.481 e. The van der Waals surface area contributed by atoms with E-state index in [1.807, 2.05) is 0 Å². The van der Waals surface area contributed by atoms with Gasteiger partial charge in [0, 0.05) is 0 Å². The molecule has 0 fully saturated rings. The fraction of sp³-hybridized carbons (Fsp3) is 0.848. The van der Waals surface area contributed by atoms with Crippen LogP contribution in [0.25, 0.3) is 0 Å². The molecule has 0 rings (SSSR count). The molecule has 0 aliphatic carbocycles. The highest BCUT2D eigenvalue weighted by molar-refractivity contribution is 5.67. The van der Waals surface area contributed by atoms with Crippen molar-refractivity contribution in [1.29, 1.82) is 0 Å². The van der Waals surface area contributed by atoms with Crippen molar-refractivity contribution in [2.45, 2.75) is 155 Å². The lowest BCUT2D eigenvalue weighted by molar-refractivity contribution is -0.927. The lowest BCUT2D eigenvalue weighted by Gasteiger charge is -2.38. The van der Waals surface area contributed by atoms with Gasteiger partial charge in [0.1, 0.15) is 0 Å². The topological polar surface area (TPSA) is 112 Å². The van der Waals surface area contributed by atoms with Crippen molar-refractivity contribution >= 4 is 17.9 Å². The molecule has 0 aliphatic heterocycles. The maximum atomic E-state index is 11.1. The van der Waals surface area contributed by atoms with E-state index in [1.54, 1.807) is 0 Å². The van der Waals surface area contributed by atoms with Crippen molar-refractivity contribution in [3.05, 3.63) is 12.2 Å². The monoisotopic (exact) mass is 568 g/mol. The Balaban J connectivity index is 3.81. The number of nitrogens with zero attached hydrogens (tertiary/aromatic N) is 1. The number of hydrogen-bond acceptors (Lipinski definition) is 3. The average molecular weight is 569 g/mol. The molecule has 0 amide bonds. The second-order valence-corrected chi connectivity index (χ2v) is 11.7. The molecule has 40 heavy (non-hydrogen) atoms. The number of carbonyl (C=O) groups is 3. The molecular weight excluding hydrogens is 506 g/mol. The van der Waals surface area contributed by atoms with Crippen LogP contribution in [0.4, 0.5) is 0 Å². The van der Waals surface area contributed by atoms with Crippen LogP contribution >= 0.6 is 0 Å². The van der Waals surface area contributed by atoms with E-state index in [4.69, 9.17) is 15.3 Å². The number of carboxylic acid groups (broad SMARTS) is 3. The lowest BCUT2D eigenvalue weighted by atomic mass is 10.0. The Kier molecular flexibility index (Phi) is 26.0. The molecule has 7 nitrogen and oxygen atoms in total. The Morgan fingerprint density at radius 2 is 0.750 bits per heavy atom. The molecular formula is C33H62NO6+. The maximum absolute atomic E-state index is 11.1. The molecule has 0 saturated heterocycles. The van der Waals surface area contributed by atoms with Crippen LogP contribution in [0.1, 0.15) is 155 Å². The molecule has 0 atom stereocenters. The van der Waals surface area contributed by atoms with Crippen LogP contribution in [0.3, 0.4) is 0 Å². The molecule has 0 aromatic rings. The van der Waals surface area contributed by atoms with Gasteiger partial charge in [0.05, 0.1) is 45.4 Å². The molecule has 234 valence electrons. The number of carboxylic acids is 3. The van der Waals surface area contributed by atoms with Crippen molar-refractivity contribution in [3.63, 3.8) is 0 Å². The first-order chi connectivity index (χ1) is 19.3. The Morgan fingerprint density at radius 1 is 0.450 bits per heavy atom. The van der Waals surface area contributed by atoms with Gasteiger partial charge in [0.2, 0.25) is 0 Å². The molecule has 0 saturated carbocycles. The van der Waals surface area contributed by atoms with Crippen LogP contribution in [0, 0.1) is 0 Å². The summed E-state index contributed by atoms with van der Waals surface area (Å²) in [7, 11) is 0. The quantitative estimate of drug-likeness (QED) is 0.0438. The number of quaternary nitrogens is 1. The van der Waals surface area contributed by atoms with Crippen molar-refractivity contribution < 1.29 is 34.2 Å². The first kappa shape index (κ1) is 38.1. The van der Waals surface area contributed by atoms with Gasteiger partial charge in [-0.25, -0.2) is 0 Å². The van der Waals surface area contributed by atoms with E-state index in [2.05, 4.69) is 19.1 Å². The van der Waals surface area contributed by atoms with Gasteiger partial charge in [-0.2, -0.15) is 0 Å². The Hall–Kier alpha value is -1.89. The minimum atomic E-state index is -0.930. The summed E-state index contributed by atoms with van der Waals surface area (Å²) in [6.45, 7) is 3.75. The van der Waals surface area contributed by atoms with Crippen LogP contribution in [0.5, 0.6) is 0 Å². The van der Waals surface area contributed by atoms with Gasteiger partial charge < -0.3 is 19.8 Å². The van der Waals surface area contributed by atoms with Gasteiger partial charge >= 0.3 is 17.9 Å². The number of unbranched alkanes of at least 4 members (excludes halogenated alkanes) is 18. The molecule has 0 spiro atoms. The van der Waals surface area contributed by atoms with Gasteiger partial charge in [-0.1, -0.05) is 109 Å². The predicted molar refractivity (Wildman–Crippen MR) is 164 cm³/mol. The van der Waals surface area contributed by atoms with E-state index in [1.165, 1.54) is 109 Å². The third-order valence-electron chi connectivity index (χ3n) is 8.04. The first-order valence-corrected chi connectivity index (χ1v) is 16.5. The molecule has 0 unspecified atom stereocenters. The molecule has 3 N–H and O–H groups in total. The highest BCUT2D eigenvalue weighted by atomic mass is 16.4. The van der Waals surface area contributed by atoms with Gasteiger partial charge in [-0.05, 0) is 38.5 Å². The van der Waals surface area contributed by atoms with Crippen molar-refractivity contribution in [1.82, 2.24) is 0 Å². The molecule has 0 radical (unpaired) electrons. The van der Waals surface area contributed by atoms with Gasteiger partial charge in [-0.15, -0.1) is 0 Å². The third-order valence-corrected chi connectivity index (χ3v) is 8.04. The summed E-state index contributed by atoms with van der Waals surface area (Å²) >= 11 is 0. The molecule has 0 heterocycles. The second kappa shape index (κ2) is 27.3. The maximum Gasteiger partial charge on any atom is 0.309 e. The normalized spacial score (nSPS) is 11.8. The molecule has 7 heteroatoms. The molecule has 0 aliphatic rings. The van der Waals surface area contributed by atoms with E-state index in [9.17, 15) is 14.4 Å². The van der Waals surface area contributed by atoms with E-state index in [0.717, 1.165) is 19.3 Å². The number of hydrogen-bond donors (Lipinski definition) is 3. The SMILES string of the molecule is CCCCC/C=C/CCCCCCCCCCCCCCCCC[N+](CCC(=O)O)(CCC(=O)O)CCC(=O)O. The van der Waals surface area contributed by atoms with Crippen LogP contribution < -0.4 is 0 Å². The summed E-state index contributed by atoms with van der Waals surface area (Å²) in [5, 5.41) is 27.4. The zero-order valence-corrected chi connectivity index (χ0v) is 25.8. The Labute approximate surface area is 245 Å². The Bertz CT molecular complexity index is 618. The van der Waals surface area contributed by atoms with E-state index in [-0.39, 0.29) is 43.4 Å². The summed E-state index contributed by atoms with van der Waals surface area (Å²) in [5.41, 5.74) is 0. The Morgan fingerprint density at radius 3 is 1.07 bits per heavy atom. The highest BCUT2D eigenvalue weighted by Gasteiger charge is 2.29. The molecule has 0 aromatic carbocycles. The van der Waals surface area contributed by atoms with Gasteiger partial charge in [-0.3, -0.25) is 14.4 Å². The second-order valence-electron chi connectivity index (χ2n) is 11.7. The third kappa shape index (κ3) is 26.3. The van der Waals surface area contributed by atoms with Crippen LogP contribution in [-0.4, -0.2) is 63.9 Å². The zero-order valence-electron chi connectivity index (χ0n) is 25.8. The summed E-state index contributed by atoms with van der Waals surface area (Å²) in [6, 6.07) is 0. The van der Waals surface area contributed by atoms with Crippen molar-refractivity contribution in [2.24, 2.45) is 0 Å². The number of aliphatic carboxylic acids is 3. The fourth-order valence-electron chi connectivity index (χ4n) is 5.42. The summed E-state index contributed by atoms with van der Waals surface area (Å²) in [5.74, 6) is -2.79. The first-order valence-electron chi connectivity index (χ1n) is 16.5. The number of rotatable bonds is 31. The molecule has 0 aromatic heterocycles. The fourth-order valence-corrected chi connectivity index (χ4v) is 5.42. The standard InChI is InChI=1S/C33H61NO6/c1-2-3-4-5-6-7-8-9-10-11-12-13-14-15-16-17-18-19-20-21-22-23-27-34(28-24-31(35)36,29-25-32(37)38)30-26-33(39)40/h6-7H,2-5,8-30H2,1H3,(H2-,35,36,37,38,39,40)/p+1/b7-6+. The van der Waals surface area contributed by atoms with E-state index < -0.39 is 17.9 Å². The van der Waals surface area contributed by atoms with Crippen LogP contribution in [0.15, 0.2) is 12.2 Å². The number of allylic oxidation sites excluding steroid dienone is 2. The molecule has 0 bridgehead atoms. The van der Waals surface area contributed by atoms with Crippen LogP contribution in [-0.2, 0) is 14.4 Å². The minimum absolute atomic E-state index is 0.0731. The lowest BCUT2D eigenvalue weighted by Crippen LogP contribution is -2.52. The van der Waals surface area contributed by atoms with Crippen LogP contribution in [0.2, 0.25) is 0 Å². The van der Waals surface area contributed by atoms with Gasteiger partial charge in [0.15, 0.2) is 0 Å². The van der Waals surface area contributed by atoms with Gasteiger partial charge in [0.25, 0.3) is 0 Å². The smallest absolute Gasteiger partial charge is 0.309 e. The average Bonchev–Trinajstić information content (AvgIpc) is 2.92. The highest BCUT2D eigenvalue weighted by Crippen LogP contribution is 2.17. The summed E-state index contributed by atoms with van der Waals surface area (Å²) < 4.78 is 0.265.